The van der Waals surface area contributed by atoms with Crippen molar-refractivity contribution in [2.24, 2.45) is 0 Å². The fourth-order valence-electron chi connectivity index (χ4n) is 2.83. The van der Waals surface area contributed by atoms with Crippen LogP contribution in [0.1, 0.15) is 28.0 Å². The average molecular weight is 370 g/mol. The molecule has 1 N–H and O–H groups in total. The summed E-state index contributed by atoms with van der Waals surface area (Å²) in [6, 6.07) is 13.5. The summed E-state index contributed by atoms with van der Waals surface area (Å²) in [6.07, 6.45) is 1.35. The number of hydrogen-bond donors (Lipinski definition) is 1. The Bertz CT molecular complexity index is 850. The highest BCUT2D eigenvalue weighted by molar-refractivity contribution is 7.98. The van der Waals surface area contributed by atoms with Gasteiger partial charge in [0.1, 0.15) is 18.2 Å². The molecule has 1 aliphatic rings. The number of amides is 1. The van der Waals surface area contributed by atoms with Gasteiger partial charge >= 0.3 is 0 Å². The molecule has 1 atom stereocenters. The number of benzene rings is 1. The van der Waals surface area contributed by atoms with E-state index in [4.69, 9.17) is 9.15 Å². The van der Waals surface area contributed by atoms with E-state index in [1.54, 1.807) is 11.0 Å². The molecule has 2 aromatic heterocycles. The maximum atomic E-state index is 12.8. The van der Waals surface area contributed by atoms with Crippen molar-refractivity contribution in [1.82, 2.24) is 20.1 Å². The zero-order valence-corrected chi connectivity index (χ0v) is 14.8. The Morgan fingerprint density at radius 2 is 2.15 bits per heavy atom. The molecule has 1 aromatic carbocycles. The van der Waals surface area contributed by atoms with Gasteiger partial charge in [0.25, 0.3) is 5.91 Å². The van der Waals surface area contributed by atoms with E-state index in [1.165, 1.54) is 18.1 Å². The Morgan fingerprint density at radius 3 is 2.96 bits per heavy atom. The molecule has 1 aliphatic heterocycles. The van der Waals surface area contributed by atoms with E-state index >= 15 is 0 Å². The second-order valence-corrected chi connectivity index (χ2v) is 6.83. The standard InChI is InChI=1S/C18H18N4O3S/c23-17(15-7-6-14(25-15)11-26-18-19-12-20-21-18)22-8-9-24-16(10-22)13-4-2-1-3-5-13/h1-7,12,16H,8-11H2,(H,19,20,21). The predicted octanol–water partition coefficient (Wildman–Crippen LogP) is 2.90. The molecule has 0 bridgehead atoms. The van der Waals surface area contributed by atoms with Gasteiger partial charge in [0.05, 0.1) is 18.9 Å². The second-order valence-electron chi connectivity index (χ2n) is 5.87. The Kier molecular flexibility index (Phi) is 5.03. The van der Waals surface area contributed by atoms with Gasteiger partial charge < -0.3 is 14.1 Å². The minimum Gasteiger partial charge on any atom is -0.455 e. The summed E-state index contributed by atoms with van der Waals surface area (Å²) in [4.78, 5) is 18.6. The van der Waals surface area contributed by atoms with Crippen molar-refractivity contribution in [1.29, 1.82) is 0 Å². The fourth-order valence-corrected chi connectivity index (χ4v) is 3.51. The Hall–Kier alpha value is -2.58. The highest BCUT2D eigenvalue weighted by Gasteiger charge is 2.27. The number of aromatic nitrogens is 3. The van der Waals surface area contributed by atoms with Crippen LogP contribution in [0.2, 0.25) is 0 Å². The third-order valence-electron chi connectivity index (χ3n) is 4.14. The molecule has 0 radical (unpaired) electrons. The van der Waals surface area contributed by atoms with Crippen LogP contribution in [0.4, 0.5) is 0 Å². The zero-order chi connectivity index (χ0) is 17.8. The topological polar surface area (TPSA) is 84.2 Å². The number of thioether (sulfide) groups is 1. The third-order valence-corrected chi connectivity index (χ3v) is 5.04. The van der Waals surface area contributed by atoms with Crippen LogP contribution in [0.15, 0.2) is 58.4 Å². The van der Waals surface area contributed by atoms with E-state index in [0.717, 1.165) is 11.3 Å². The summed E-state index contributed by atoms with van der Waals surface area (Å²) in [5, 5.41) is 7.30. The number of carbonyl (C=O) groups is 1. The van der Waals surface area contributed by atoms with Crippen molar-refractivity contribution >= 4 is 17.7 Å². The number of aromatic amines is 1. The first-order valence-electron chi connectivity index (χ1n) is 8.32. The van der Waals surface area contributed by atoms with Crippen LogP contribution in [0.25, 0.3) is 0 Å². The number of furan rings is 1. The quantitative estimate of drug-likeness (QED) is 0.695. The molecule has 1 amide bonds. The van der Waals surface area contributed by atoms with Crippen molar-refractivity contribution in [3.05, 3.63) is 65.9 Å². The number of ether oxygens (including phenoxy) is 1. The molecule has 7 nitrogen and oxygen atoms in total. The zero-order valence-electron chi connectivity index (χ0n) is 14.0. The average Bonchev–Trinajstić information content (AvgIpc) is 3.38. The first kappa shape index (κ1) is 16.9. The summed E-state index contributed by atoms with van der Waals surface area (Å²) >= 11 is 1.47. The van der Waals surface area contributed by atoms with Gasteiger partial charge in [-0.2, -0.15) is 5.10 Å². The van der Waals surface area contributed by atoms with Crippen LogP contribution in [0, 0.1) is 0 Å². The molecule has 8 heteroatoms. The Balaban J connectivity index is 1.39. The predicted molar refractivity (Wildman–Crippen MR) is 95.7 cm³/mol. The molecule has 0 saturated carbocycles. The Morgan fingerprint density at radius 1 is 1.27 bits per heavy atom. The number of rotatable bonds is 5. The van der Waals surface area contributed by atoms with Gasteiger partial charge in [-0.25, -0.2) is 4.98 Å². The van der Waals surface area contributed by atoms with E-state index < -0.39 is 0 Å². The van der Waals surface area contributed by atoms with Crippen LogP contribution in [-0.4, -0.2) is 45.7 Å². The maximum absolute atomic E-state index is 12.8. The molecule has 3 heterocycles. The van der Waals surface area contributed by atoms with Crippen molar-refractivity contribution in [2.45, 2.75) is 17.0 Å². The summed E-state index contributed by atoms with van der Waals surface area (Å²) in [6.45, 7) is 1.59. The fraction of sp³-hybridized carbons (Fsp3) is 0.278. The molecule has 1 unspecified atom stereocenters. The van der Waals surface area contributed by atoms with E-state index in [9.17, 15) is 4.79 Å². The van der Waals surface area contributed by atoms with Crippen molar-refractivity contribution in [3.8, 4) is 0 Å². The SMILES string of the molecule is O=C(c1ccc(CSc2ncn[nH]2)o1)N1CCOC(c2ccccc2)C1. The second kappa shape index (κ2) is 7.76. The van der Waals surface area contributed by atoms with Gasteiger partial charge in [-0.05, 0) is 17.7 Å². The first-order chi connectivity index (χ1) is 12.8. The number of nitrogens with zero attached hydrogens (tertiary/aromatic N) is 3. The van der Waals surface area contributed by atoms with E-state index in [2.05, 4.69) is 15.2 Å². The van der Waals surface area contributed by atoms with Crippen molar-refractivity contribution < 1.29 is 13.9 Å². The van der Waals surface area contributed by atoms with Gasteiger partial charge in [-0.3, -0.25) is 9.89 Å². The van der Waals surface area contributed by atoms with Crippen LogP contribution >= 0.6 is 11.8 Å². The molecule has 26 heavy (non-hydrogen) atoms. The lowest BCUT2D eigenvalue weighted by molar-refractivity contribution is -0.0238. The number of H-pyrrole nitrogens is 1. The van der Waals surface area contributed by atoms with Crippen LogP contribution < -0.4 is 0 Å². The molecule has 0 aliphatic carbocycles. The van der Waals surface area contributed by atoms with E-state index in [1.807, 2.05) is 36.4 Å². The number of hydrogen-bond acceptors (Lipinski definition) is 6. The molecular formula is C18H18N4O3S. The number of carbonyl (C=O) groups excluding carboxylic acids is 1. The largest absolute Gasteiger partial charge is 0.455 e. The van der Waals surface area contributed by atoms with Crippen molar-refractivity contribution in [2.75, 3.05) is 19.7 Å². The normalized spacial score (nSPS) is 17.4. The lowest BCUT2D eigenvalue weighted by atomic mass is 10.1. The van der Waals surface area contributed by atoms with Gasteiger partial charge in [0.15, 0.2) is 10.9 Å². The minimum atomic E-state index is -0.106. The highest BCUT2D eigenvalue weighted by Crippen LogP contribution is 2.25. The van der Waals surface area contributed by atoms with Crippen LogP contribution in [0.3, 0.4) is 0 Å². The smallest absolute Gasteiger partial charge is 0.289 e. The number of morpholine rings is 1. The van der Waals surface area contributed by atoms with E-state index in [-0.39, 0.29) is 12.0 Å². The molecule has 3 aromatic rings. The summed E-state index contributed by atoms with van der Waals surface area (Å²) in [5.41, 5.74) is 1.08. The Labute approximate surface area is 154 Å². The monoisotopic (exact) mass is 370 g/mol. The van der Waals surface area contributed by atoms with Gasteiger partial charge in [-0.15, -0.1) is 0 Å². The highest BCUT2D eigenvalue weighted by atomic mass is 32.2. The molecule has 1 saturated heterocycles. The van der Waals surface area contributed by atoms with Crippen LogP contribution in [-0.2, 0) is 10.5 Å². The van der Waals surface area contributed by atoms with Gasteiger partial charge in [0, 0.05) is 6.54 Å². The van der Waals surface area contributed by atoms with Crippen LogP contribution in [0.5, 0.6) is 0 Å². The molecular weight excluding hydrogens is 352 g/mol. The molecule has 0 spiro atoms. The molecule has 1 fully saturated rings. The summed E-state index contributed by atoms with van der Waals surface area (Å²) in [5.74, 6) is 1.55. The molecule has 134 valence electrons. The summed E-state index contributed by atoms with van der Waals surface area (Å²) in [7, 11) is 0. The molecule has 4 rings (SSSR count). The third kappa shape index (κ3) is 3.81. The van der Waals surface area contributed by atoms with E-state index in [0.29, 0.717) is 36.4 Å². The maximum Gasteiger partial charge on any atom is 0.289 e. The van der Waals surface area contributed by atoms with Gasteiger partial charge in [0.2, 0.25) is 0 Å². The lowest BCUT2D eigenvalue weighted by Crippen LogP contribution is -2.42. The van der Waals surface area contributed by atoms with Gasteiger partial charge in [-0.1, -0.05) is 42.1 Å². The first-order valence-corrected chi connectivity index (χ1v) is 9.31. The minimum absolute atomic E-state index is 0.106. The lowest BCUT2D eigenvalue weighted by Gasteiger charge is -2.32. The number of nitrogens with one attached hydrogen (secondary N) is 1. The van der Waals surface area contributed by atoms with Crippen molar-refractivity contribution in [3.63, 3.8) is 0 Å². The summed E-state index contributed by atoms with van der Waals surface area (Å²) < 4.78 is 11.5.